The summed E-state index contributed by atoms with van der Waals surface area (Å²) < 4.78 is 32.3. The monoisotopic (exact) mass is 523 g/mol. The van der Waals surface area contributed by atoms with Gasteiger partial charge < -0.3 is 53.7 Å². The van der Waals surface area contributed by atoms with Crippen LogP contribution in [0.5, 0.6) is 0 Å². The Morgan fingerprint density at radius 3 is 1.81 bits per heavy atom. The van der Waals surface area contributed by atoms with Crippen molar-refractivity contribution < 1.29 is 176 Å². The summed E-state index contributed by atoms with van der Waals surface area (Å²) in [4.78, 5) is 67.4. The molecule has 1 fully saturated rings. The van der Waals surface area contributed by atoms with E-state index in [1.807, 2.05) is 0 Å². The molecule has 0 spiro atoms. The van der Waals surface area contributed by atoms with E-state index in [2.05, 4.69) is 5.32 Å². The largest absolute Gasteiger partial charge is 1.00 e. The van der Waals surface area contributed by atoms with Crippen molar-refractivity contribution in [3.8, 4) is 0 Å². The van der Waals surface area contributed by atoms with Crippen molar-refractivity contribution in [1.82, 2.24) is 5.32 Å². The molecular weight excluding hydrogens is 504 g/mol. The van der Waals surface area contributed by atoms with Crippen molar-refractivity contribution in [2.45, 2.75) is 49.8 Å². The minimum absolute atomic E-state index is 0. The van der Waals surface area contributed by atoms with E-state index in [0.717, 1.165) is 0 Å². The van der Waals surface area contributed by atoms with Gasteiger partial charge in [0.1, 0.15) is 11.7 Å². The molecule has 0 aromatic rings. The summed E-state index contributed by atoms with van der Waals surface area (Å²) in [6, 6.07) is 0. The van der Waals surface area contributed by atoms with E-state index in [4.69, 9.17) is 14.6 Å². The summed E-state index contributed by atoms with van der Waals surface area (Å²) in [5.74, 6) is -3.05. The molecule has 0 saturated carbocycles. The molecule has 1 rings (SSSR count). The third-order valence-corrected chi connectivity index (χ3v) is 7.36. The average molecular weight is 523 g/mol. The fourth-order valence-corrected chi connectivity index (χ4v) is 4.40. The molecule has 2 atom stereocenters. The SMILES string of the molecule is CC1(C)OC(C(=O)CO)[C@H](C(=O)NCCCC(O)(P(=O)([O-])[O-])P(=O)([O-])[O-])O1.[Na+].[Na+].[Na+].[Na+]. The molecule has 0 aliphatic carbocycles. The maximum atomic E-state index is 12.1. The normalized spacial score (nSPS) is 20.3. The van der Waals surface area contributed by atoms with E-state index >= 15 is 0 Å². The second-order valence-electron chi connectivity index (χ2n) is 6.27. The van der Waals surface area contributed by atoms with Crippen molar-refractivity contribution in [3.63, 3.8) is 0 Å². The smallest absolute Gasteiger partial charge is 0.808 e. The predicted octanol–water partition coefficient (Wildman–Crippen LogP) is -16.5. The quantitative estimate of drug-likeness (QED) is 0.145. The Kier molecular flexibility index (Phi) is 21.6. The molecule has 0 radical (unpaired) electrons. The molecule has 1 heterocycles. The number of nitrogens with one attached hydrogen (secondary N) is 1. The van der Waals surface area contributed by atoms with Crippen LogP contribution in [0.4, 0.5) is 0 Å². The predicted molar refractivity (Wildman–Crippen MR) is 78.3 cm³/mol. The molecule has 0 aromatic heterocycles. The van der Waals surface area contributed by atoms with Crippen LogP contribution in [0.15, 0.2) is 0 Å². The molecule has 0 bridgehead atoms. The Bertz CT molecular complexity index is 662. The minimum Gasteiger partial charge on any atom is -0.808 e. The van der Waals surface area contributed by atoms with Crippen LogP contribution in [0.2, 0.25) is 0 Å². The fraction of sp³-hybridized carbons (Fsp3) is 0.833. The van der Waals surface area contributed by atoms with Crippen molar-refractivity contribution >= 4 is 26.9 Å². The number of carbonyl (C=O) groups excluding carboxylic acids is 2. The van der Waals surface area contributed by atoms with Gasteiger partial charge in [-0.25, -0.2) is 0 Å². The van der Waals surface area contributed by atoms with Crippen molar-refractivity contribution in [1.29, 1.82) is 0 Å². The Labute approximate surface area is 267 Å². The maximum Gasteiger partial charge on any atom is 1.00 e. The standard InChI is InChI=1S/C12H23NO12P2.4Na/c1-11(2)24-8(7(15)6-14)9(25-11)10(16)13-5-3-4-12(17,26(18,19)20)27(21,22)23;;;;/h8-9,14,17H,3-6H2,1-2H3,(H,13,16)(H2,18,19,20)(H2,21,22,23);;;;/q;4*+1/p-4/t8?,9-;;;;/m1..../s1. The number of hydrogen-bond donors (Lipinski definition) is 3. The summed E-state index contributed by atoms with van der Waals surface area (Å²) in [6.45, 7) is 1.46. The molecular formula is C12H19NNa4O12P2. The topological polar surface area (TPSA) is 231 Å². The van der Waals surface area contributed by atoms with E-state index in [9.17, 15) is 43.4 Å². The number of aliphatic hydroxyl groups is 2. The molecule has 13 nitrogen and oxygen atoms in total. The van der Waals surface area contributed by atoms with Crippen LogP contribution >= 0.6 is 15.2 Å². The Hall–Kier alpha value is 3.28. The first kappa shape index (κ1) is 41.4. The number of rotatable bonds is 9. The van der Waals surface area contributed by atoms with Crippen LogP contribution in [0.25, 0.3) is 0 Å². The molecule has 1 saturated heterocycles. The zero-order valence-corrected chi connectivity index (χ0v) is 28.1. The summed E-state index contributed by atoms with van der Waals surface area (Å²) in [5.41, 5.74) is 0. The second kappa shape index (κ2) is 16.2. The summed E-state index contributed by atoms with van der Waals surface area (Å²) >= 11 is 0. The Morgan fingerprint density at radius 1 is 1.00 bits per heavy atom. The molecule has 158 valence electrons. The van der Waals surface area contributed by atoms with E-state index in [0.29, 0.717) is 0 Å². The third kappa shape index (κ3) is 11.5. The van der Waals surface area contributed by atoms with Crippen molar-refractivity contribution in [2.75, 3.05) is 13.2 Å². The number of ether oxygens (including phenoxy) is 2. The van der Waals surface area contributed by atoms with Gasteiger partial charge in [-0.05, 0) is 41.9 Å². The summed E-state index contributed by atoms with van der Waals surface area (Å²) in [5, 5.41) is 16.5. The van der Waals surface area contributed by atoms with Gasteiger partial charge in [-0.15, -0.1) is 0 Å². The van der Waals surface area contributed by atoms with E-state index < -0.39 is 76.0 Å². The van der Waals surface area contributed by atoms with Gasteiger partial charge >= 0.3 is 118 Å². The first-order valence-electron chi connectivity index (χ1n) is 7.59. The number of amides is 1. The van der Waals surface area contributed by atoms with Gasteiger partial charge in [-0.3, -0.25) is 9.59 Å². The molecule has 31 heavy (non-hydrogen) atoms. The zero-order chi connectivity index (χ0) is 21.3. The van der Waals surface area contributed by atoms with Gasteiger partial charge in [0.05, 0.1) is 0 Å². The Balaban J connectivity index is -0.000000911. The van der Waals surface area contributed by atoms with Crippen molar-refractivity contribution in [3.05, 3.63) is 0 Å². The zero-order valence-electron chi connectivity index (χ0n) is 18.4. The van der Waals surface area contributed by atoms with Crippen LogP contribution in [0.3, 0.4) is 0 Å². The first-order chi connectivity index (χ1) is 12.1. The first-order valence-corrected chi connectivity index (χ1v) is 10.7. The number of carbonyl (C=O) groups is 2. The average Bonchev–Trinajstić information content (AvgIpc) is 2.84. The van der Waals surface area contributed by atoms with E-state index in [-0.39, 0.29) is 118 Å². The number of hydrogen-bond acceptors (Lipinski definition) is 12. The third-order valence-electron chi connectivity index (χ3n) is 3.69. The summed E-state index contributed by atoms with van der Waals surface area (Å²) in [7, 11) is -12.4. The fourth-order valence-electron chi connectivity index (χ4n) is 2.34. The number of ketones is 1. The van der Waals surface area contributed by atoms with Crippen LogP contribution in [0, 0.1) is 0 Å². The number of aliphatic hydroxyl groups excluding tert-OH is 1. The van der Waals surface area contributed by atoms with Crippen LogP contribution in [-0.4, -0.2) is 58.1 Å². The van der Waals surface area contributed by atoms with Gasteiger partial charge in [0, 0.05) is 6.54 Å². The molecule has 19 heteroatoms. The van der Waals surface area contributed by atoms with E-state index in [1.165, 1.54) is 13.8 Å². The van der Waals surface area contributed by atoms with Gasteiger partial charge in [0.2, 0.25) is 0 Å². The molecule has 1 amide bonds. The molecule has 0 aromatic carbocycles. The van der Waals surface area contributed by atoms with Crippen LogP contribution < -0.4 is 143 Å². The van der Waals surface area contributed by atoms with Gasteiger partial charge in [0.15, 0.2) is 23.8 Å². The Morgan fingerprint density at radius 2 is 1.42 bits per heavy atom. The summed E-state index contributed by atoms with van der Waals surface area (Å²) in [6.07, 6.45) is -4.68. The molecule has 1 aliphatic rings. The molecule has 1 unspecified atom stereocenters. The van der Waals surface area contributed by atoms with Gasteiger partial charge in [-0.1, -0.05) is 0 Å². The van der Waals surface area contributed by atoms with Crippen LogP contribution in [-0.2, 0) is 28.2 Å². The van der Waals surface area contributed by atoms with Gasteiger partial charge in [0.25, 0.3) is 5.91 Å². The number of Topliss-reactive ketones (excluding diaryl/α,β-unsaturated/α-hetero) is 1. The molecule has 3 N–H and O–H groups in total. The second-order valence-corrected chi connectivity index (χ2v) is 10.1. The van der Waals surface area contributed by atoms with Crippen LogP contribution in [0.1, 0.15) is 26.7 Å². The van der Waals surface area contributed by atoms with Crippen molar-refractivity contribution in [2.24, 2.45) is 0 Å². The van der Waals surface area contributed by atoms with E-state index in [1.54, 1.807) is 0 Å². The maximum absolute atomic E-state index is 12.1. The van der Waals surface area contributed by atoms with Gasteiger partial charge in [-0.2, -0.15) is 0 Å². The minimum atomic E-state index is -6.20. The molecule has 1 aliphatic heterocycles.